The number of rotatable bonds is 5. The molecule has 1 saturated heterocycles. The van der Waals surface area contributed by atoms with E-state index in [0.29, 0.717) is 39.0 Å². The van der Waals surface area contributed by atoms with Crippen molar-refractivity contribution in [2.45, 2.75) is 44.8 Å². The third kappa shape index (κ3) is 5.02. The van der Waals surface area contributed by atoms with Gasteiger partial charge in [-0.05, 0) is 5.92 Å². The van der Waals surface area contributed by atoms with Crippen molar-refractivity contribution in [1.82, 2.24) is 5.32 Å². The molecule has 1 unspecified atom stereocenters. The molecule has 5 heteroatoms. The van der Waals surface area contributed by atoms with Gasteiger partial charge < -0.3 is 20.9 Å². The van der Waals surface area contributed by atoms with Crippen molar-refractivity contribution in [1.29, 1.82) is 0 Å². The van der Waals surface area contributed by atoms with Crippen LogP contribution in [0.2, 0.25) is 0 Å². The molecule has 1 amide bonds. The fourth-order valence-corrected chi connectivity index (χ4v) is 1.71. The second kappa shape index (κ2) is 6.33. The van der Waals surface area contributed by atoms with Gasteiger partial charge in [0.1, 0.15) is 0 Å². The summed E-state index contributed by atoms with van der Waals surface area (Å²) in [5.41, 5.74) is 5.01. The predicted molar refractivity (Wildman–Crippen MR) is 65.4 cm³/mol. The normalized spacial score (nSPS) is 21.2. The van der Waals surface area contributed by atoms with Gasteiger partial charge in [-0.2, -0.15) is 0 Å². The summed E-state index contributed by atoms with van der Waals surface area (Å²) >= 11 is 0. The van der Waals surface area contributed by atoms with E-state index in [1.54, 1.807) is 0 Å². The van der Waals surface area contributed by atoms with Crippen LogP contribution in [0.15, 0.2) is 0 Å². The van der Waals surface area contributed by atoms with Crippen molar-refractivity contribution in [2.75, 3.05) is 19.8 Å². The van der Waals surface area contributed by atoms with Crippen LogP contribution < -0.4 is 11.1 Å². The Morgan fingerprint density at radius 2 is 2.06 bits per heavy atom. The molecule has 1 atom stereocenters. The van der Waals surface area contributed by atoms with Gasteiger partial charge in [-0.25, -0.2) is 0 Å². The van der Waals surface area contributed by atoms with Crippen molar-refractivity contribution in [3.63, 3.8) is 0 Å². The highest BCUT2D eigenvalue weighted by Gasteiger charge is 2.30. The van der Waals surface area contributed by atoms with Crippen molar-refractivity contribution in [3.05, 3.63) is 0 Å². The number of hydrogen-bond donors (Lipinski definition) is 3. The minimum Gasteiger partial charge on any atom is -0.388 e. The lowest BCUT2D eigenvalue weighted by Crippen LogP contribution is -2.47. The molecule has 17 heavy (non-hydrogen) atoms. The van der Waals surface area contributed by atoms with E-state index >= 15 is 0 Å². The fourth-order valence-electron chi connectivity index (χ4n) is 1.71. The highest BCUT2D eigenvalue weighted by Crippen LogP contribution is 2.19. The number of ether oxygens (including phenoxy) is 1. The van der Waals surface area contributed by atoms with Gasteiger partial charge in [-0.3, -0.25) is 4.79 Å². The summed E-state index contributed by atoms with van der Waals surface area (Å²) in [5.74, 6) is 0.193. The Morgan fingerprint density at radius 1 is 1.47 bits per heavy atom. The van der Waals surface area contributed by atoms with E-state index in [-0.39, 0.29) is 17.9 Å². The second-order valence-corrected chi connectivity index (χ2v) is 5.23. The molecule has 0 spiro atoms. The van der Waals surface area contributed by atoms with Crippen molar-refractivity contribution >= 4 is 5.91 Å². The first kappa shape index (κ1) is 14.4. The molecule has 1 fully saturated rings. The van der Waals surface area contributed by atoms with E-state index in [0.717, 1.165) is 0 Å². The van der Waals surface area contributed by atoms with Crippen LogP contribution >= 0.6 is 0 Å². The van der Waals surface area contributed by atoms with E-state index in [4.69, 9.17) is 10.5 Å². The molecule has 5 nitrogen and oxygen atoms in total. The topological polar surface area (TPSA) is 84.6 Å². The maximum Gasteiger partial charge on any atom is 0.221 e. The number of amides is 1. The molecule has 1 aliphatic rings. The van der Waals surface area contributed by atoms with Crippen LogP contribution in [0.25, 0.3) is 0 Å². The average molecular weight is 244 g/mol. The average Bonchev–Trinajstić information content (AvgIpc) is 2.27. The molecule has 0 bridgehead atoms. The molecule has 0 aliphatic carbocycles. The molecular formula is C12H24N2O3. The van der Waals surface area contributed by atoms with Crippen LogP contribution in [0.4, 0.5) is 0 Å². The number of carbonyl (C=O) groups excluding carboxylic acids is 1. The number of carbonyl (C=O) groups is 1. The largest absolute Gasteiger partial charge is 0.388 e. The number of hydrogen-bond acceptors (Lipinski definition) is 4. The van der Waals surface area contributed by atoms with Crippen LogP contribution in [0, 0.1) is 5.92 Å². The molecular weight excluding hydrogens is 220 g/mol. The summed E-state index contributed by atoms with van der Waals surface area (Å²) in [5, 5.41) is 12.9. The molecule has 1 heterocycles. The van der Waals surface area contributed by atoms with E-state index in [1.807, 2.05) is 13.8 Å². The minimum atomic E-state index is -0.810. The zero-order chi connectivity index (χ0) is 12.9. The molecule has 0 aromatic rings. The first-order chi connectivity index (χ1) is 7.93. The SMILES string of the molecule is CC(C)C(N)CC(=O)NCC1(O)CCOCC1. The van der Waals surface area contributed by atoms with Crippen molar-refractivity contribution in [3.8, 4) is 0 Å². The summed E-state index contributed by atoms with van der Waals surface area (Å²) in [4.78, 5) is 11.6. The fraction of sp³-hybridized carbons (Fsp3) is 0.917. The van der Waals surface area contributed by atoms with E-state index in [1.165, 1.54) is 0 Å². The molecule has 0 radical (unpaired) electrons. The van der Waals surface area contributed by atoms with E-state index in [9.17, 15) is 9.90 Å². The summed E-state index contributed by atoms with van der Waals surface area (Å²) in [6, 6.07) is -0.126. The third-order valence-electron chi connectivity index (χ3n) is 3.32. The van der Waals surface area contributed by atoms with Gasteiger partial charge in [0, 0.05) is 45.1 Å². The molecule has 0 saturated carbocycles. The van der Waals surface area contributed by atoms with E-state index in [2.05, 4.69) is 5.32 Å². The van der Waals surface area contributed by atoms with Gasteiger partial charge >= 0.3 is 0 Å². The Hall–Kier alpha value is -0.650. The number of nitrogens with one attached hydrogen (secondary N) is 1. The summed E-state index contributed by atoms with van der Waals surface area (Å²) in [7, 11) is 0. The zero-order valence-electron chi connectivity index (χ0n) is 10.7. The van der Waals surface area contributed by atoms with Crippen LogP contribution in [0.1, 0.15) is 33.1 Å². The summed E-state index contributed by atoms with van der Waals surface area (Å²) < 4.78 is 5.18. The molecule has 4 N–H and O–H groups in total. The lowest BCUT2D eigenvalue weighted by molar-refractivity contribution is -0.124. The highest BCUT2D eigenvalue weighted by molar-refractivity contribution is 5.76. The Bertz CT molecular complexity index is 250. The van der Waals surface area contributed by atoms with Gasteiger partial charge in [0.15, 0.2) is 0 Å². The Kier molecular flexibility index (Phi) is 5.36. The van der Waals surface area contributed by atoms with Crippen LogP contribution in [0.5, 0.6) is 0 Å². The first-order valence-corrected chi connectivity index (χ1v) is 6.25. The smallest absolute Gasteiger partial charge is 0.221 e. The minimum absolute atomic E-state index is 0.0916. The number of nitrogens with two attached hydrogens (primary N) is 1. The van der Waals surface area contributed by atoms with Crippen molar-refractivity contribution < 1.29 is 14.6 Å². The van der Waals surface area contributed by atoms with Gasteiger partial charge in [0.05, 0.1) is 5.60 Å². The van der Waals surface area contributed by atoms with Gasteiger partial charge in [0.2, 0.25) is 5.91 Å². The summed E-state index contributed by atoms with van der Waals surface area (Å²) in [6.07, 6.45) is 1.46. The lowest BCUT2D eigenvalue weighted by atomic mass is 9.94. The zero-order valence-corrected chi connectivity index (χ0v) is 10.7. The molecule has 1 rings (SSSR count). The highest BCUT2D eigenvalue weighted by atomic mass is 16.5. The maximum absolute atomic E-state index is 11.6. The van der Waals surface area contributed by atoms with E-state index < -0.39 is 5.60 Å². The van der Waals surface area contributed by atoms with Crippen molar-refractivity contribution in [2.24, 2.45) is 11.7 Å². The van der Waals surface area contributed by atoms with Crippen LogP contribution in [-0.4, -0.2) is 42.4 Å². The van der Waals surface area contributed by atoms with Crippen LogP contribution in [-0.2, 0) is 9.53 Å². The molecule has 0 aromatic carbocycles. The maximum atomic E-state index is 11.6. The van der Waals surface area contributed by atoms with Crippen LogP contribution in [0.3, 0.4) is 0 Å². The second-order valence-electron chi connectivity index (χ2n) is 5.23. The predicted octanol–water partition coefficient (Wildman–Crippen LogP) is 0.0175. The molecule has 100 valence electrons. The van der Waals surface area contributed by atoms with Gasteiger partial charge in [-0.15, -0.1) is 0 Å². The Balaban J connectivity index is 2.27. The molecule has 1 aliphatic heterocycles. The first-order valence-electron chi connectivity index (χ1n) is 6.25. The Morgan fingerprint density at radius 3 is 2.59 bits per heavy atom. The Labute approximate surface area is 103 Å². The quantitative estimate of drug-likeness (QED) is 0.636. The monoisotopic (exact) mass is 244 g/mol. The van der Waals surface area contributed by atoms with Gasteiger partial charge in [0.25, 0.3) is 0 Å². The third-order valence-corrected chi connectivity index (χ3v) is 3.32. The standard InChI is InChI=1S/C12H24N2O3/c1-9(2)10(13)7-11(15)14-8-12(16)3-5-17-6-4-12/h9-10,16H,3-8,13H2,1-2H3,(H,14,15). The van der Waals surface area contributed by atoms with Gasteiger partial charge in [-0.1, -0.05) is 13.8 Å². The lowest BCUT2D eigenvalue weighted by Gasteiger charge is -2.32. The number of aliphatic hydroxyl groups is 1. The summed E-state index contributed by atoms with van der Waals surface area (Å²) in [6.45, 7) is 5.38. The molecule has 0 aromatic heterocycles.